The van der Waals surface area contributed by atoms with Gasteiger partial charge in [-0.25, -0.2) is 0 Å². The maximum Gasteiger partial charge on any atom is 0.0961 e. The topological polar surface area (TPSA) is 42.4 Å². The van der Waals surface area contributed by atoms with E-state index in [1.807, 2.05) is 30.3 Å². The molecule has 1 N–H and O–H groups in total. The summed E-state index contributed by atoms with van der Waals surface area (Å²) >= 11 is 0. The first kappa shape index (κ1) is 10.7. The first-order valence-electron chi connectivity index (χ1n) is 5.94. The second kappa shape index (κ2) is 4.09. The zero-order chi connectivity index (χ0) is 11.7. The molecule has 0 radical (unpaired) electrons. The van der Waals surface area contributed by atoms with Crippen molar-refractivity contribution in [1.82, 2.24) is 4.98 Å². The van der Waals surface area contributed by atoms with E-state index in [0.717, 1.165) is 16.5 Å². The molecule has 3 nitrogen and oxygen atoms in total. The highest BCUT2D eigenvalue weighted by atomic mass is 16.5. The Morgan fingerprint density at radius 1 is 1.12 bits per heavy atom. The zero-order valence-corrected chi connectivity index (χ0v) is 9.60. The van der Waals surface area contributed by atoms with Crippen molar-refractivity contribution in [2.75, 3.05) is 13.2 Å². The highest BCUT2D eigenvalue weighted by Crippen LogP contribution is 2.35. The van der Waals surface area contributed by atoms with Gasteiger partial charge in [-0.2, -0.15) is 0 Å². The summed E-state index contributed by atoms with van der Waals surface area (Å²) in [5, 5.41) is 11.8. The number of ether oxygens (including phenoxy) is 1. The Morgan fingerprint density at radius 2 is 1.88 bits per heavy atom. The van der Waals surface area contributed by atoms with E-state index in [-0.39, 0.29) is 0 Å². The number of hydrogen-bond acceptors (Lipinski definition) is 3. The molecule has 0 spiro atoms. The number of nitrogens with zero attached hydrogens (tertiary/aromatic N) is 1. The molecule has 1 saturated heterocycles. The molecule has 2 heterocycles. The first-order chi connectivity index (χ1) is 8.30. The molecule has 0 atom stereocenters. The standard InChI is InChI=1S/C14H15NO2/c16-14(6-9-17-10-7-14)12-5-1-3-11-4-2-8-15-13(11)12/h1-5,8,16H,6-7,9-10H2. The van der Waals surface area contributed by atoms with Crippen molar-refractivity contribution < 1.29 is 9.84 Å². The van der Waals surface area contributed by atoms with E-state index in [0.29, 0.717) is 26.1 Å². The summed E-state index contributed by atoms with van der Waals surface area (Å²) in [5.41, 5.74) is 1.05. The van der Waals surface area contributed by atoms with Gasteiger partial charge in [0.2, 0.25) is 0 Å². The second-order valence-corrected chi connectivity index (χ2v) is 4.52. The lowest BCUT2D eigenvalue weighted by atomic mass is 9.85. The quantitative estimate of drug-likeness (QED) is 0.815. The molecule has 0 bridgehead atoms. The van der Waals surface area contributed by atoms with Gasteiger partial charge in [-0.3, -0.25) is 4.98 Å². The summed E-state index contributed by atoms with van der Waals surface area (Å²) in [6.45, 7) is 1.22. The Balaban J connectivity index is 2.16. The van der Waals surface area contributed by atoms with Crippen LogP contribution in [0.4, 0.5) is 0 Å². The van der Waals surface area contributed by atoms with Crippen LogP contribution in [-0.2, 0) is 10.3 Å². The summed E-state index contributed by atoms with van der Waals surface area (Å²) in [6, 6.07) is 9.91. The third-order valence-electron chi connectivity index (χ3n) is 3.45. The van der Waals surface area contributed by atoms with Crippen LogP contribution < -0.4 is 0 Å². The lowest BCUT2D eigenvalue weighted by Gasteiger charge is -2.32. The van der Waals surface area contributed by atoms with E-state index in [4.69, 9.17) is 4.74 Å². The Bertz CT molecular complexity index is 527. The van der Waals surface area contributed by atoms with Gasteiger partial charge in [0.05, 0.1) is 11.1 Å². The fraction of sp³-hybridized carbons (Fsp3) is 0.357. The van der Waals surface area contributed by atoms with Crippen LogP contribution in [0.25, 0.3) is 10.9 Å². The number of fused-ring (bicyclic) bond motifs is 1. The van der Waals surface area contributed by atoms with Crippen molar-refractivity contribution in [2.24, 2.45) is 0 Å². The first-order valence-corrected chi connectivity index (χ1v) is 5.94. The van der Waals surface area contributed by atoms with Gasteiger partial charge in [0.15, 0.2) is 0 Å². The molecular formula is C14H15NO2. The largest absolute Gasteiger partial charge is 0.385 e. The molecule has 3 heteroatoms. The molecule has 1 aliphatic rings. The van der Waals surface area contributed by atoms with E-state index < -0.39 is 5.60 Å². The molecular weight excluding hydrogens is 214 g/mol. The smallest absolute Gasteiger partial charge is 0.0961 e. The predicted octanol–water partition coefficient (Wildman–Crippen LogP) is 2.23. The highest BCUT2D eigenvalue weighted by Gasteiger charge is 2.33. The third-order valence-corrected chi connectivity index (χ3v) is 3.45. The Hall–Kier alpha value is -1.45. The van der Waals surface area contributed by atoms with Crippen LogP contribution in [0.15, 0.2) is 36.5 Å². The number of para-hydroxylation sites is 1. The van der Waals surface area contributed by atoms with E-state index in [1.54, 1.807) is 6.20 Å². The number of benzene rings is 1. The zero-order valence-electron chi connectivity index (χ0n) is 9.60. The molecule has 3 rings (SSSR count). The summed E-state index contributed by atoms with van der Waals surface area (Å²) in [6.07, 6.45) is 3.06. The van der Waals surface area contributed by atoms with Crippen LogP contribution in [0.1, 0.15) is 18.4 Å². The number of aliphatic hydroxyl groups is 1. The maximum absolute atomic E-state index is 10.7. The molecule has 17 heavy (non-hydrogen) atoms. The van der Waals surface area contributed by atoms with Crippen LogP contribution in [0.5, 0.6) is 0 Å². The fourth-order valence-electron chi connectivity index (χ4n) is 2.46. The van der Waals surface area contributed by atoms with E-state index in [9.17, 15) is 5.11 Å². The molecule has 1 aromatic carbocycles. The van der Waals surface area contributed by atoms with Gasteiger partial charge in [-0.1, -0.05) is 24.3 Å². The van der Waals surface area contributed by atoms with Crippen molar-refractivity contribution in [1.29, 1.82) is 0 Å². The van der Waals surface area contributed by atoms with Gasteiger partial charge >= 0.3 is 0 Å². The number of rotatable bonds is 1. The van der Waals surface area contributed by atoms with E-state index in [1.165, 1.54) is 0 Å². The van der Waals surface area contributed by atoms with Crippen LogP contribution in [0.3, 0.4) is 0 Å². The lowest BCUT2D eigenvalue weighted by molar-refractivity contribution is -0.0670. The minimum Gasteiger partial charge on any atom is -0.385 e. The Labute approximate surface area is 100 Å². The maximum atomic E-state index is 10.7. The summed E-state index contributed by atoms with van der Waals surface area (Å²) < 4.78 is 5.32. The van der Waals surface area contributed by atoms with Crippen LogP contribution in [-0.4, -0.2) is 23.3 Å². The van der Waals surface area contributed by atoms with Crippen molar-refractivity contribution in [3.05, 3.63) is 42.1 Å². The number of aromatic nitrogens is 1. The molecule has 0 amide bonds. The van der Waals surface area contributed by atoms with Gasteiger partial charge in [0.25, 0.3) is 0 Å². The highest BCUT2D eigenvalue weighted by molar-refractivity contribution is 5.82. The Morgan fingerprint density at radius 3 is 2.71 bits per heavy atom. The minimum atomic E-state index is -0.786. The van der Waals surface area contributed by atoms with Crippen molar-refractivity contribution >= 4 is 10.9 Å². The SMILES string of the molecule is OC1(c2cccc3cccnc23)CCOCC1. The van der Waals surface area contributed by atoms with E-state index >= 15 is 0 Å². The summed E-state index contributed by atoms with van der Waals surface area (Å²) in [4.78, 5) is 4.40. The third kappa shape index (κ3) is 1.81. The molecule has 1 fully saturated rings. The summed E-state index contributed by atoms with van der Waals surface area (Å²) in [7, 11) is 0. The number of hydrogen-bond donors (Lipinski definition) is 1. The fourth-order valence-corrected chi connectivity index (χ4v) is 2.46. The summed E-state index contributed by atoms with van der Waals surface area (Å²) in [5.74, 6) is 0. The van der Waals surface area contributed by atoms with Crippen molar-refractivity contribution in [2.45, 2.75) is 18.4 Å². The molecule has 1 aliphatic heterocycles. The van der Waals surface area contributed by atoms with Crippen LogP contribution in [0.2, 0.25) is 0 Å². The second-order valence-electron chi connectivity index (χ2n) is 4.52. The molecule has 0 saturated carbocycles. The van der Waals surface area contributed by atoms with Gasteiger partial charge in [-0.15, -0.1) is 0 Å². The molecule has 2 aromatic rings. The monoisotopic (exact) mass is 229 g/mol. The van der Waals surface area contributed by atoms with Crippen LogP contribution in [0, 0.1) is 0 Å². The normalized spacial score (nSPS) is 19.4. The van der Waals surface area contributed by atoms with Gasteiger partial charge < -0.3 is 9.84 Å². The number of pyridine rings is 1. The molecule has 0 unspecified atom stereocenters. The average molecular weight is 229 g/mol. The van der Waals surface area contributed by atoms with Gasteiger partial charge in [0, 0.05) is 43.2 Å². The van der Waals surface area contributed by atoms with Gasteiger partial charge in [0.1, 0.15) is 0 Å². The van der Waals surface area contributed by atoms with Crippen molar-refractivity contribution in [3.63, 3.8) is 0 Å². The molecule has 1 aromatic heterocycles. The van der Waals surface area contributed by atoms with Crippen molar-refractivity contribution in [3.8, 4) is 0 Å². The van der Waals surface area contributed by atoms with Crippen LogP contribution >= 0.6 is 0 Å². The minimum absolute atomic E-state index is 0.611. The predicted molar refractivity (Wildman–Crippen MR) is 65.7 cm³/mol. The Kier molecular flexibility index (Phi) is 2.57. The molecule has 0 aliphatic carbocycles. The van der Waals surface area contributed by atoms with Gasteiger partial charge in [-0.05, 0) is 6.07 Å². The molecule has 88 valence electrons. The van der Waals surface area contributed by atoms with E-state index in [2.05, 4.69) is 4.98 Å². The average Bonchev–Trinajstić information content (AvgIpc) is 2.39. The lowest BCUT2D eigenvalue weighted by Crippen LogP contribution is -2.33.